The summed E-state index contributed by atoms with van der Waals surface area (Å²) in [4.78, 5) is 25.9. The Kier molecular flexibility index (Phi) is 15.2. The third-order valence-corrected chi connectivity index (χ3v) is 7.07. The molecule has 1 amide bonds. The lowest BCUT2D eigenvalue weighted by Gasteiger charge is -2.36. The van der Waals surface area contributed by atoms with Gasteiger partial charge in [-0.1, -0.05) is 90.0 Å². The largest absolute Gasteiger partial charge is 0.444 e. The van der Waals surface area contributed by atoms with Gasteiger partial charge in [-0.05, 0) is 32.4 Å². The molecule has 0 aromatic heterocycles. The van der Waals surface area contributed by atoms with E-state index in [2.05, 4.69) is 5.32 Å². The van der Waals surface area contributed by atoms with Crippen molar-refractivity contribution in [3.8, 4) is 0 Å². The van der Waals surface area contributed by atoms with Crippen LogP contribution in [0, 0.1) is 6.92 Å². The summed E-state index contributed by atoms with van der Waals surface area (Å²) in [6.45, 7) is 6.21. The molecule has 0 spiro atoms. The number of nitrogens with two attached hydrogens (primary N) is 1. The molecule has 0 radical (unpaired) electrons. The zero-order chi connectivity index (χ0) is 30.8. The molecule has 0 aliphatic carbocycles. The molecule has 0 aliphatic rings. The van der Waals surface area contributed by atoms with Gasteiger partial charge in [0, 0.05) is 47.9 Å². The maximum Gasteiger partial charge on any atom is 0.307 e. The van der Waals surface area contributed by atoms with Gasteiger partial charge in [0.25, 0.3) is 0 Å². The second-order valence-corrected chi connectivity index (χ2v) is 10.5. The molecule has 1 unspecified atom stereocenters. The van der Waals surface area contributed by atoms with Crippen molar-refractivity contribution in [2.45, 2.75) is 38.2 Å². The highest BCUT2D eigenvalue weighted by Crippen LogP contribution is 2.43. The van der Waals surface area contributed by atoms with E-state index in [4.69, 9.17) is 36.3 Å². The molecule has 0 saturated heterocycles. The summed E-state index contributed by atoms with van der Waals surface area (Å²) in [6, 6.07) is 24.7. The lowest BCUT2D eigenvalue weighted by molar-refractivity contribution is -0.154. The predicted molar refractivity (Wildman–Crippen MR) is 168 cm³/mol. The molecular weight excluding hydrogens is 568 g/mol. The van der Waals surface area contributed by atoms with E-state index in [1.807, 2.05) is 79.7 Å². The highest BCUT2D eigenvalue weighted by atomic mass is 35.5. The van der Waals surface area contributed by atoms with Crippen LogP contribution in [0.2, 0.25) is 5.02 Å². The smallest absolute Gasteiger partial charge is 0.307 e. The SMILES string of the molecule is Cc1ccc(C(OC(=O)CCC(=O)NCCCOCCOCCOCCCN)(c2ccccc2)c2ccccc2Cl)cc1. The van der Waals surface area contributed by atoms with Gasteiger partial charge in [-0.25, -0.2) is 0 Å². The minimum absolute atomic E-state index is 0.00215. The molecule has 8 nitrogen and oxygen atoms in total. The van der Waals surface area contributed by atoms with Gasteiger partial charge in [-0.15, -0.1) is 0 Å². The average molecular weight is 611 g/mol. The van der Waals surface area contributed by atoms with Crippen molar-refractivity contribution in [2.24, 2.45) is 5.73 Å². The maximum absolute atomic E-state index is 13.4. The Labute approximate surface area is 259 Å². The Balaban J connectivity index is 1.51. The minimum atomic E-state index is -1.29. The lowest BCUT2D eigenvalue weighted by Crippen LogP contribution is -2.36. The van der Waals surface area contributed by atoms with Gasteiger partial charge >= 0.3 is 5.97 Å². The van der Waals surface area contributed by atoms with Crippen molar-refractivity contribution >= 4 is 23.5 Å². The summed E-state index contributed by atoms with van der Waals surface area (Å²) in [5, 5.41) is 3.31. The highest BCUT2D eigenvalue weighted by Gasteiger charge is 2.42. The molecule has 232 valence electrons. The van der Waals surface area contributed by atoms with Crippen molar-refractivity contribution in [3.63, 3.8) is 0 Å². The van der Waals surface area contributed by atoms with Crippen LogP contribution in [0.1, 0.15) is 47.9 Å². The summed E-state index contributed by atoms with van der Waals surface area (Å²) < 4.78 is 22.7. The molecule has 43 heavy (non-hydrogen) atoms. The number of carbonyl (C=O) groups is 2. The molecule has 3 aromatic carbocycles. The summed E-state index contributed by atoms with van der Waals surface area (Å²) in [5.41, 5.74) is 7.36. The van der Waals surface area contributed by atoms with E-state index in [1.54, 1.807) is 6.07 Å². The van der Waals surface area contributed by atoms with E-state index in [9.17, 15) is 9.59 Å². The van der Waals surface area contributed by atoms with Gasteiger partial charge in [0.2, 0.25) is 5.91 Å². The number of esters is 1. The number of carbonyl (C=O) groups excluding carboxylic acids is 2. The predicted octanol–water partition coefficient (Wildman–Crippen LogP) is 5.17. The quantitative estimate of drug-likeness (QED) is 0.103. The van der Waals surface area contributed by atoms with Crippen LogP contribution in [0.5, 0.6) is 0 Å². The number of aryl methyl sites for hydroxylation is 1. The van der Waals surface area contributed by atoms with E-state index >= 15 is 0 Å². The van der Waals surface area contributed by atoms with Gasteiger partial charge in [0.05, 0.1) is 32.8 Å². The number of benzene rings is 3. The van der Waals surface area contributed by atoms with Crippen LogP contribution in [-0.2, 0) is 34.1 Å². The number of ether oxygens (including phenoxy) is 4. The molecule has 0 saturated carbocycles. The standard InChI is InChI=1S/C34H43ClN2O6/c1-27-13-15-29(16-14-27)34(28-9-3-2-4-10-28,30-11-5-6-12-31(30)35)43-33(39)18-17-32(38)37-20-8-22-41-24-26-42-25-23-40-21-7-19-36/h2-6,9-16H,7-8,17-26,36H2,1H3,(H,37,38). The monoisotopic (exact) mass is 610 g/mol. The van der Waals surface area contributed by atoms with Gasteiger partial charge in [-0.3, -0.25) is 9.59 Å². The number of amides is 1. The number of hydrogen-bond donors (Lipinski definition) is 2. The average Bonchev–Trinajstić information content (AvgIpc) is 3.02. The lowest BCUT2D eigenvalue weighted by atomic mass is 9.79. The fourth-order valence-corrected chi connectivity index (χ4v) is 4.78. The number of rotatable bonds is 20. The second kappa shape index (κ2) is 19.1. The summed E-state index contributed by atoms with van der Waals surface area (Å²) in [5.74, 6) is -0.735. The number of nitrogens with one attached hydrogen (secondary N) is 1. The van der Waals surface area contributed by atoms with Crippen LogP contribution in [-0.4, -0.2) is 64.6 Å². The van der Waals surface area contributed by atoms with Crippen molar-refractivity contribution in [3.05, 3.63) is 106 Å². The molecule has 3 N–H and O–H groups in total. The van der Waals surface area contributed by atoms with Crippen LogP contribution >= 0.6 is 11.6 Å². The van der Waals surface area contributed by atoms with Crippen molar-refractivity contribution < 1.29 is 28.5 Å². The fourth-order valence-electron chi connectivity index (χ4n) is 4.51. The van der Waals surface area contributed by atoms with Crippen LogP contribution in [0.4, 0.5) is 0 Å². The van der Waals surface area contributed by atoms with Crippen LogP contribution in [0.3, 0.4) is 0 Å². The van der Waals surface area contributed by atoms with E-state index in [0.717, 1.165) is 23.1 Å². The molecule has 0 bridgehead atoms. The van der Waals surface area contributed by atoms with E-state index in [-0.39, 0.29) is 18.7 Å². The zero-order valence-electron chi connectivity index (χ0n) is 24.9. The molecule has 9 heteroatoms. The Bertz CT molecular complexity index is 1240. The topological polar surface area (TPSA) is 109 Å². The summed E-state index contributed by atoms with van der Waals surface area (Å²) >= 11 is 6.72. The van der Waals surface area contributed by atoms with Gasteiger partial charge in [0.15, 0.2) is 5.60 Å². The zero-order valence-corrected chi connectivity index (χ0v) is 25.7. The molecule has 1 atom stereocenters. The highest BCUT2D eigenvalue weighted by molar-refractivity contribution is 6.31. The Morgan fingerprint density at radius 3 is 1.98 bits per heavy atom. The molecular formula is C34H43ClN2O6. The third kappa shape index (κ3) is 11.1. The Morgan fingerprint density at radius 2 is 1.33 bits per heavy atom. The fraction of sp³-hybridized carbons (Fsp3) is 0.412. The normalized spacial score (nSPS) is 12.4. The molecule has 0 aliphatic heterocycles. The molecule has 0 heterocycles. The van der Waals surface area contributed by atoms with Crippen molar-refractivity contribution in [1.29, 1.82) is 0 Å². The van der Waals surface area contributed by atoms with E-state index < -0.39 is 11.6 Å². The van der Waals surface area contributed by atoms with Gasteiger partial charge in [0.1, 0.15) is 0 Å². The Morgan fingerprint density at radius 1 is 0.744 bits per heavy atom. The number of hydrogen-bond acceptors (Lipinski definition) is 7. The summed E-state index contributed by atoms with van der Waals surface area (Å²) in [6.07, 6.45) is 1.41. The van der Waals surface area contributed by atoms with E-state index in [0.29, 0.717) is 69.7 Å². The van der Waals surface area contributed by atoms with Crippen LogP contribution in [0.25, 0.3) is 0 Å². The van der Waals surface area contributed by atoms with Gasteiger partial charge < -0.3 is 30.0 Å². The number of halogens is 1. The van der Waals surface area contributed by atoms with Crippen molar-refractivity contribution in [2.75, 3.05) is 52.7 Å². The molecule has 3 rings (SSSR count). The van der Waals surface area contributed by atoms with E-state index in [1.165, 1.54) is 0 Å². The first kappa shape index (κ1) is 34.2. The first-order valence-electron chi connectivity index (χ1n) is 14.8. The Hall–Kier alpha value is -3.27. The minimum Gasteiger partial charge on any atom is -0.444 e. The van der Waals surface area contributed by atoms with Crippen LogP contribution in [0.15, 0.2) is 78.9 Å². The second-order valence-electron chi connectivity index (χ2n) is 10.1. The van der Waals surface area contributed by atoms with Gasteiger partial charge in [-0.2, -0.15) is 0 Å². The first-order valence-corrected chi connectivity index (χ1v) is 15.1. The molecule has 3 aromatic rings. The summed E-state index contributed by atoms with van der Waals surface area (Å²) in [7, 11) is 0. The maximum atomic E-state index is 13.4. The molecule has 0 fully saturated rings. The van der Waals surface area contributed by atoms with Crippen LogP contribution < -0.4 is 11.1 Å². The third-order valence-electron chi connectivity index (χ3n) is 6.74. The first-order chi connectivity index (χ1) is 21.0. The van der Waals surface area contributed by atoms with Crippen molar-refractivity contribution in [1.82, 2.24) is 5.32 Å².